The number of carboxylic acids is 1. The van der Waals surface area contributed by atoms with E-state index in [9.17, 15) is 19.5 Å². The predicted molar refractivity (Wildman–Crippen MR) is 131 cm³/mol. The number of alkyl carbamates (subject to hydrolysis) is 1. The lowest BCUT2D eigenvalue weighted by atomic mass is 9.75. The molecule has 2 amide bonds. The second-order valence-electron chi connectivity index (χ2n) is 10.2. The Balaban J connectivity index is 1.23. The minimum Gasteiger partial charge on any atom is -0.480 e. The van der Waals surface area contributed by atoms with Crippen LogP contribution in [0.4, 0.5) is 4.79 Å². The van der Waals surface area contributed by atoms with E-state index in [1.165, 1.54) is 16.0 Å². The van der Waals surface area contributed by atoms with Gasteiger partial charge >= 0.3 is 12.1 Å². The van der Waals surface area contributed by atoms with Crippen molar-refractivity contribution < 1.29 is 24.2 Å². The summed E-state index contributed by atoms with van der Waals surface area (Å²) < 4.78 is 5.64. The maximum Gasteiger partial charge on any atom is 0.407 e. The second-order valence-corrected chi connectivity index (χ2v) is 10.2. The lowest BCUT2D eigenvalue weighted by Gasteiger charge is -2.39. The molecular weight excluding hydrogens is 444 g/mol. The third-order valence-electron chi connectivity index (χ3n) is 8.21. The van der Waals surface area contributed by atoms with Gasteiger partial charge in [-0.1, -0.05) is 55.0 Å². The molecule has 1 saturated heterocycles. The molecule has 2 aromatic rings. The third-order valence-corrected chi connectivity index (χ3v) is 8.21. The molecule has 7 nitrogen and oxygen atoms in total. The summed E-state index contributed by atoms with van der Waals surface area (Å²) in [6.07, 6.45) is 3.46. The SMILES string of the molecule is CC1(C(=O)O)CCCN1C(=O)C(CNC(=O)OCC1c2ccccc2-c2ccccc21)C1CCC1. The molecule has 2 fully saturated rings. The standard InChI is InChI=1S/C28H32N2O5/c1-28(26(32)33)14-7-15-30(28)25(31)23(18-8-6-9-18)16-29-27(34)35-17-24-21-12-4-2-10-19(21)20-11-3-5-13-22(20)24/h2-5,10-13,18,23-24H,6-9,14-17H2,1H3,(H,29,34)(H,32,33). The Morgan fingerprint density at radius 2 is 1.69 bits per heavy atom. The molecule has 2 aromatic carbocycles. The molecule has 0 bridgehead atoms. The van der Waals surface area contributed by atoms with E-state index in [0.29, 0.717) is 19.4 Å². The van der Waals surface area contributed by atoms with E-state index in [1.54, 1.807) is 6.92 Å². The second kappa shape index (κ2) is 9.36. The molecule has 35 heavy (non-hydrogen) atoms. The number of aliphatic carboxylic acids is 1. The summed E-state index contributed by atoms with van der Waals surface area (Å²) in [5, 5.41) is 12.5. The number of fused-ring (bicyclic) bond motifs is 3. The highest BCUT2D eigenvalue weighted by atomic mass is 16.5. The molecule has 0 spiro atoms. The van der Waals surface area contributed by atoms with Crippen molar-refractivity contribution >= 4 is 18.0 Å². The molecule has 184 valence electrons. The Labute approximate surface area is 205 Å². The average Bonchev–Trinajstić information content (AvgIpc) is 3.38. The fourth-order valence-corrected chi connectivity index (χ4v) is 5.88. The van der Waals surface area contributed by atoms with E-state index in [0.717, 1.165) is 30.4 Å². The third kappa shape index (κ3) is 4.17. The summed E-state index contributed by atoms with van der Waals surface area (Å²) in [6, 6.07) is 16.3. The molecule has 1 heterocycles. The normalized spacial score (nSPS) is 22.1. The van der Waals surface area contributed by atoms with Crippen LogP contribution >= 0.6 is 0 Å². The molecule has 2 aliphatic carbocycles. The van der Waals surface area contributed by atoms with E-state index >= 15 is 0 Å². The Bertz CT molecular complexity index is 1100. The smallest absolute Gasteiger partial charge is 0.407 e. The fraction of sp³-hybridized carbons (Fsp3) is 0.464. The van der Waals surface area contributed by atoms with Crippen molar-refractivity contribution in [3.05, 3.63) is 59.7 Å². The molecule has 2 N–H and O–H groups in total. The number of hydrogen-bond acceptors (Lipinski definition) is 4. The van der Waals surface area contributed by atoms with Crippen molar-refractivity contribution in [2.24, 2.45) is 11.8 Å². The van der Waals surface area contributed by atoms with Gasteiger partial charge in [-0.15, -0.1) is 0 Å². The lowest BCUT2D eigenvalue weighted by molar-refractivity contribution is -0.158. The monoisotopic (exact) mass is 476 g/mol. The number of amides is 2. The number of likely N-dealkylation sites (tertiary alicyclic amines) is 1. The largest absolute Gasteiger partial charge is 0.480 e. The van der Waals surface area contributed by atoms with Crippen LogP contribution in [0.15, 0.2) is 48.5 Å². The maximum atomic E-state index is 13.4. The van der Waals surface area contributed by atoms with Crippen molar-refractivity contribution in [2.45, 2.75) is 50.5 Å². The van der Waals surface area contributed by atoms with Gasteiger partial charge in [-0.3, -0.25) is 4.79 Å². The summed E-state index contributed by atoms with van der Waals surface area (Å²) in [5.41, 5.74) is 3.44. The fourth-order valence-electron chi connectivity index (χ4n) is 5.88. The number of carbonyl (C=O) groups is 3. The predicted octanol–water partition coefficient (Wildman–Crippen LogP) is 4.41. The zero-order valence-corrected chi connectivity index (χ0v) is 20.0. The number of carboxylic acid groups (broad SMARTS) is 1. The van der Waals surface area contributed by atoms with Crippen LogP contribution in [0.3, 0.4) is 0 Å². The summed E-state index contributed by atoms with van der Waals surface area (Å²) in [6.45, 7) is 2.43. The molecule has 7 heteroatoms. The van der Waals surface area contributed by atoms with Crippen LogP contribution in [0.2, 0.25) is 0 Å². The molecule has 3 aliphatic rings. The molecular formula is C28H32N2O5. The van der Waals surface area contributed by atoms with Gasteiger partial charge in [-0.25, -0.2) is 9.59 Å². The first-order valence-corrected chi connectivity index (χ1v) is 12.5. The molecule has 2 unspecified atom stereocenters. The maximum absolute atomic E-state index is 13.4. The first-order valence-electron chi connectivity index (χ1n) is 12.5. The average molecular weight is 477 g/mol. The van der Waals surface area contributed by atoms with Gasteiger partial charge in [-0.05, 0) is 60.8 Å². The zero-order chi connectivity index (χ0) is 24.6. The molecule has 5 rings (SSSR count). The van der Waals surface area contributed by atoms with E-state index < -0.39 is 23.5 Å². The van der Waals surface area contributed by atoms with Gasteiger partial charge < -0.3 is 20.1 Å². The van der Waals surface area contributed by atoms with Gasteiger partial charge in [0.25, 0.3) is 0 Å². The van der Waals surface area contributed by atoms with Gasteiger partial charge in [0.2, 0.25) is 5.91 Å². The van der Waals surface area contributed by atoms with Crippen LogP contribution in [-0.4, -0.2) is 53.2 Å². The van der Waals surface area contributed by atoms with Crippen LogP contribution in [0.25, 0.3) is 11.1 Å². The number of rotatable bonds is 7. The van der Waals surface area contributed by atoms with E-state index in [1.807, 2.05) is 24.3 Å². The first-order chi connectivity index (χ1) is 16.9. The Morgan fingerprint density at radius 1 is 1.06 bits per heavy atom. The Kier molecular flexibility index (Phi) is 6.26. The van der Waals surface area contributed by atoms with Gasteiger partial charge in [0, 0.05) is 19.0 Å². The summed E-state index contributed by atoms with van der Waals surface area (Å²) in [4.78, 5) is 39.5. The van der Waals surface area contributed by atoms with Crippen LogP contribution in [0.5, 0.6) is 0 Å². The Morgan fingerprint density at radius 3 is 2.26 bits per heavy atom. The van der Waals surface area contributed by atoms with Gasteiger partial charge in [0.1, 0.15) is 12.1 Å². The number of hydrogen-bond donors (Lipinski definition) is 2. The number of benzene rings is 2. The highest BCUT2D eigenvalue weighted by Crippen LogP contribution is 2.44. The van der Waals surface area contributed by atoms with E-state index in [4.69, 9.17) is 4.74 Å². The summed E-state index contributed by atoms with van der Waals surface area (Å²) in [7, 11) is 0. The van der Waals surface area contributed by atoms with Crippen LogP contribution in [0, 0.1) is 11.8 Å². The van der Waals surface area contributed by atoms with E-state index in [2.05, 4.69) is 29.6 Å². The highest BCUT2D eigenvalue weighted by molar-refractivity contribution is 5.89. The van der Waals surface area contributed by atoms with Crippen molar-refractivity contribution in [3.8, 4) is 11.1 Å². The Hall–Kier alpha value is -3.35. The first kappa shape index (κ1) is 23.4. The van der Waals surface area contributed by atoms with Crippen LogP contribution < -0.4 is 5.32 Å². The van der Waals surface area contributed by atoms with Crippen molar-refractivity contribution in [1.82, 2.24) is 10.2 Å². The van der Waals surface area contributed by atoms with E-state index in [-0.39, 0.29) is 30.9 Å². The molecule has 0 aromatic heterocycles. The quantitative estimate of drug-likeness (QED) is 0.617. The number of ether oxygens (including phenoxy) is 1. The number of carbonyl (C=O) groups excluding carboxylic acids is 2. The van der Waals surface area contributed by atoms with Crippen LogP contribution in [0.1, 0.15) is 56.1 Å². The number of nitrogens with zero attached hydrogens (tertiary/aromatic N) is 1. The van der Waals surface area contributed by atoms with Gasteiger partial charge in [0.15, 0.2) is 0 Å². The molecule has 1 aliphatic heterocycles. The van der Waals surface area contributed by atoms with Gasteiger partial charge in [0.05, 0.1) is 5.92 Å². The topological polar surface area (TPSA) is 95.9 Å². The number of nitrogens with one attached hydrogen (secondary N) is 1. The molecule has 0 radical (unpaired) electrons. The van der Waals surface area contributed by atoms with Crippen molar-refractivity contribution in [3.63, 3.8) is 0 Å². The summed E-state index contributed by atoms with van der Waals surface area (Å²) >= 11 is 0. The molecule has 2 atom stereocenters. The molecule has 1 saturated carbocycles. The minimum absolute atomic E-state index is 0.0296. The van der Waals surface area contributed by atoms with Gasteiger partial charge in [-0.2, -0.15) is 0 Å². The summed E-state index contributed by atoms with van der Waals surface area (Å²) in [5.74, 6) is -1.44. The minimum atomic E-state index is -1.18. The van der Waals surface area contributed by atoms with Crippen molar-refractivity contribution in [2.75, 3.05) is 19.7 Å². The van der Waals surface area contributed by atoms with Crippen LogP contribution in [-0.2, 0) is 14.3 Å². The van der Waals surface area contributed by atoms with Crippen molar-refractivity contribution in [1.29, 1.82) is 0 Å². The lowest BCUT2D eigenvalue weighted by Crippen LogP contribution is -2.55. The zero-order valence-electron chi connectivity index (χ0n) is 20.0. The highest BCUT2D eigenvalue weighted by Gasteiger charge is 2.49.